The van der Waals surface area contributed by atoms with Gasteiger partial charge in [0.15, 0.2) is 0 Å². The molecule has 0 radical (unpaired) electrons. The van der Waals surface area contributed by atoms with Gasteiger partial charge in [-0.25, -0.2) is 4.39 Å². The second-order valence-corrected chi connectivity index (χ2v) is 4.61. The fourth-order valence-electron chi connectivity index (χ4n) is 2.18. The van der Waals surface area contributed by atoms with E-state index in [1.807, 2.05) is 0 Å². The van der Waals surface area contributed by atoms with Crippen LogP contribution in [0.3, 0.4) is 0 Å². The van der Waals surface area contributed by atoms with E-state index in [1.165, 1.54) is 12.1 Å². The first-order valence-corrected chi connectivity index (χ1v) is 6.03. The molecule has 0 saturated carbocycles. The summed E-state index contributed by atoms with van der Waals surface area (Å²) < 4.78 is 18.7. The van der Waals surface area contributed by atoms with Crippen LogP contribution in [0.4, 0.5) is 10.1 Å². The van der Waals surface area contributed by atoms with Gasteiger partial charge in [0.1, 0.15) is 5.82 Å². The standard InChI is InChI=1S/C13H19FN2O/c1-10-8-16(5-2-6-17-10)9-11-7-12(14)3-4-13(11)15/h3-4,7,10H,2,5-6,8-9,15H2,1H3. The van der Waals surface area contributed by atoms with Crippen molar-refractivity contribution < 1.29 is 9.13 Å². The molecule has 1 aromatic carbocycles. The Bertz CT molecular complexity index is 384. The Morgan fingerprint density at radius 2 is 2.35 bits per heavy atom. The minimum Gasteiger partial charge on any atom is -0.398 e. The predicted molar refractivity (Wildman–Crippen MR) is 66.1 cm³/mol. The summed E-state index contributed by atoms with van der Waals surface area (Å²) in [6.45, 7) is 5.40. The fraction of sp³-hybridized carbons (Fsp3) is 0.538. The molecular formula is C13H19FN2O. The topological polar surface area (TPSA) is 38.5 Å². The van der Waals surface area contributed by atoms with Gasteiger partial charge < -0.3 is 10.5 Å². The van der Waals surface area contributed by atoms with E-state index in [0.717, 1.165) is 31.7 Å². The van der Waals surface area contributed by atoms with Crippen LogP contribution >= 0.6 is 0 Å². The molecule has 1 aliphatic rings. The first-order chi connectivity index (χ1) is 8.15. The second kappa shape index (κ2) is 5.47. The number of hydrogen-bond donors (Lipinski definition) is 1. The summed E-state index contributed by atoms with van der Waals surface area (Å²) in [5.74, 6) is -0.228. The number of hydrogen-bond acceptors (Lipinski definition) is 3. The zero-order valence-electron chi connectivity index (χ0n) is 10.2. The quantitative estimate of drug-likeness (QED) is 0.801. The van der Waals surface area contributed by atoms with Crippen molar-refractivity contribution in [3.05, 3.63) is 29.6 Å². The molecule has 4 heteroatoms. The van der Waals surface area contributed by atoms with E-state index in [0.29, 0.717) is 12.2 Å². The Kier molecular flexibility index (Phi) is 3.97. The van der Waals surface area contributed by atoms with Gasteiger partial charge in [-0.05, 0) is 37.1 Å². The molecule has 1 saturated heterocycles. The molecule has 17 heavy (non-hydrogen) atoms. The Balaban J connectivity index is 2.06. The average Bonchev–Trinajstić information content (AvgIpc) is 2.48. The van der Waals surface area contributed by atoms with Crippen LogP contribution in [0.1, 0.15) is 18.9 Å². The maximum Gasteiger partial charge on any atom is 0.123 e. The Labute approximate surface area is 101 Å². The van der Waals surface area contributed by atoms with Gasteiger partial charge in [-0.1, -0.05) is 0 Å². The van der Waals surface area contributed by atoms with Crippen LogP contribution in [0.15, 0.2) is 18.2 Å². The summed E-state index contributed by atoms with van der Waals surface area (Å²) in [6.07, 6.45) is 1.24. The number of rotatable bonds is 2. The summed E-state index contributed by atoms with van der Waals surface area (Å²) in [6, 6.07) is 4.54. The van der Waals surface area contributed by atoms with E-state index in [1.54, 1.807) is 6.07 Å². The van der Waals surface area contributed by atoms with Gasteiger partial charge in [0, 0.05) is 31.9 Å². The van der Waals surface area contributed by atoms with Crippen molar-refractivity contribution >= 4 is 5.69 Å². The third kappa shape index (κ3) is 3.41. The molecule has 1 heterocycles. The number of nitrogens with zero attached hydrogens (tertiary/aromatic N) is 1. The molecule has 1 atom stereocenters. The molecule has 0 aromatic heterocycles. The summed E-state index contributed by atoms with van der Waals surface area (Å²) in [5, 5.41) is 0. The number of nitrogens with two attached hydrogens (primary N) is 1. The Hall–Kier alpha value is -1.13. The predicted octanol–water partition coefficient (Wildman–Crippen LogP) is 2.02. The minimum atomic E-state index is -0.228. The Morgan fingerprint density at radius 3 is 3.18 bits per heavy atom. The molecule has 0 aliphatic carbocycles. The van der Waals surface area contributed by atoms with E-state index in [4.69, 9.17) is 10.5 Å². The van der Waals surface area contributed by atoms with Gasteiger partial charge in [0.05, 0.1) is 6.10 Å². The number of ether oxygens (including phenoxy) is 1. The van der Waals surface area contributed by atoms with Gasteiger partial charge >= 0.3 is 0 Å². The summed E-state index contributed by atoms with van der Waals surface area (Å²) >= 11 is 0. The Morgan fingerprint density at radius 1 is 1.53 bits per heavy atom. The molecular weight excluding hydrogens is 219 g/mol. The van der Waals surface area contributed by atoms with Crippen LogP contribution in [-0.4, -0.2) is 30.7 Å². The SMILES string of the molecule is CC1CN(Cc2cc(F)ccc2N)CCCO1. The monoisotopic (exact) mass is 238 g/mol. The summed E-state index contributed by atoms with van der Waals surface area (Å²) in [4.78, 5) is 2.27. The zero-order chi connectivity index (χ0) is 12.3. The molecule has 94 valence electrons. The smallest absolute Gasteiger partial charge is 0.123 e. The highest BCUT2D eigenvalue weighted by molar-refractivity contribution is 5.46. The first-order valence-electron chi connectivity index (χ1n) is 6.03. The molecule has 1 fully saturated rings. The largest absolute Gasteiger partial charge is 0.398 e. The molecule has 1 unspecified atom stereocenters. The fourth-order valence-corrected chi connectivity index (χ4v) is 2.18. The van der Waals surface area contributed by atoms with Crippen LogP contribution in [-0.2, 0) is 11.3 Å². The van der Waals surface area contributed by atoms with E-state index >= 15 is 0 Å². The number of anilines is 1. The molecule has 1 aliphatic heterocycles. The van der Waals surface area contributed by atoms with Crippen LogP contribution in [0, 0.1) is 5.82 Å². The molecule has 0 spiro atoms. The third-order valence-corrected chi connectivity index (χ3v) is 3.04. The van der Waals surface area contributed by atoms with Gasteiger partial charge in [-0.15, -0.1) is 0 Å². The highest BCUT2D eigenvalue weighted by Crippen LogP contribution is 2.17. The van der Waals surface area contributed by atoms with E-state index in [-0.39, 0.29) is 11.9 Å². The lowest BCUT2D eigenvalue weighted by Crippen LogP contribution is -2.30. The van der Waals surface area contributed by atoms with Crippen molar-refractivity contribution in [3.8, 4) is 0 Å². The maximum atomic E-state index is 13.2. The highest BCUT2D eigenvalue weighted by Gasteiger charge is 2.16. The lowest BCUT2D eigenvalue weighted by atomic mass is 10.1. The number of benzene rings is 1. The number of nitrogen functional groups attached to an aromatic ring is 1. The van der Waals surface area contributed by atoms with Gasteiger partial charge in [-0.2, -0.15) is 0 Å². The lowest BCUT2D eigenvalue weighted by molar-refractivity contribution is 0.0668. The summed E-state index contributed by atoms with van der Waals surface area (Å²) in [5.41, 5.74) is 7.37. The average molecular weight is 238 g/mol. The van der Waals surface area contributed by atoms with Crippen LogP contribution in [0.25, 0.3) is 0 Å². The van der Waals surface area contributed by atoms with Gasteiger partial charge in [0.25, 0.3) is 0 Å². The minimum absolute atomic E-state index is 0.228. The van der Waals surface area contributed by atoms with Crippen molar-refractivity contribution in [2.45, 2.75) is 26.0 Å². The molecule has 3 nitrogen and oxygen atoms in total. The molecule has 0 bridgehead atoms. The van der Waals surface area contributed by atoms with Crippen LogP contribution in [0.2, 0.25) is 0 Å². The van der Waals surface area contributed by atoms with E-state index in [2.05, 4.69) is 11.8 Å². The molecule has 2 rings (SSSR count). The molecule has 0 amide bonds. The summed E-state index contributed by atoms with van der Waals surface area (Å²) in [7, 11) is 0. The molecule has 1 aromatic rings. The van der Waals surface area contributed by atoms with Gasteiger partial charge in [-0.3, -0.25) is 4.90 Å². The van der Waals surface area contributed by atoms with E-state index < -0.39 is 0 Å². The van der Waals surface area contributed by atoms with E-state index in [9.17, 15) is 4.39 Å². The molecule has 2 N–H and O–H groups in total. The van der Waals surface area contributed by atoms with Gasteiger partial charge in [0.2, 0.25) is 0 Å². The van der Waals surface area contributed by atoms with Crippen LogP contribution < -0.4 is 5.73 Å². The highest BCUT2D eigenvalue weighted by atomic mass is 19.1. The normalized spacial score (nSPS) is 22.4. The lowest BCUT2D eigenvalue weighted by Gasteiger charge is -2.22. The van der Waals surface area contributed by atoms with Crippen molar-refractivity contribution in [3.63, 3.8) is 0 Å². The van der Waals surface area contributed by atoms with Crippen molar-refractivity contribution in [1.82, 2.24) is 4.90 Å². The maximum absolute atomic E-state index is 13.2. The third-order valence-electron chi connectivity index (χ3n) is 3.04. The van der Waals surface area contributed by atoms with Crippen molar-refractivity contribution in [2.24, 2.45) is 0 Å². The van der Waals surface area contributed by atoms with Crippen LogP contribution in [0.5, 0.6) is 0 Å². The first kappa shape index (κ1) is 12.3. The second-order valence-electron chi connectivity index (χ2n) is 4.61. The zero-order valence-corrected chi connectivity index (χ0v) is 10.2. The number of halogens is 1. The van der Waals surface area contributed by atoms with Crippen molar-refractivity contribution in [2.75, 3.05) is 25.4 Å². The van der Waals surface area contributed by atoms with Crippen molar-refractivity contribution in [1.29, 1.82) is 0 Å².